The Morgan fingerprint density at radius 1 is 1.47 bits per heavy atom. The molecule has 1 rings (SSSR count). The molecule has 0 radical (unpaired) electrons. The van der Waals surface area contributed by atoms with Gasteiger partial charge in [-0.3, -0.25) is 0 Å². The summed E-state index contributed by atoms with van der Waals surface area (Å²) in [7, 11) is 0. The van der Waals surface area contributed by atoms with Crippen molar-refractivity contribution < 1.29 is 4.74 Å². The van der Waals surface area contributed by atoms with Gasteiger partial charge in [-0.2, -0.15) is 0 Å². The quantitative estimate of drug-likeness (QED) is 0.721. The third kappa shape index (κ3) is 3.40. The number of nitrogens with one attached hydrogen (secondary N) is 1. The predicted molar refractivity (Wildman–Crippen MR) is 64.2 cm³/mol. The number of ether oxygens (including phenoxy) is 1. The third-order valence-electron chi connectivity index (χ3n) is 2.25. The monoisotopic (exact) mass is 205 g/mol. The van der Waals surface area contributed by atoms with Gasteiger partial charge in [0.25, 0.3) is 0 Å². The van der Waals surface area contributed by atoms with Crippen LogP contribution in [0.2, 0.25) is 0 Å². The fraction of sp³-hybridized carbons (Fsp3) is 0.385. The Bertz CT molecular complexity index is 309. The number of hydrogen-bond acceptors (Lipinski definition) is 2. The van der Waals surface area contributed by atoms with Gasteiger partial charge in [-0.1, -0.05) is 24.3 Å². The fourth-order valence-electron chi connectivity index (χ4n) is 1.50. The molecule has 0 saturated carbocycles. The van der Waals surface area contributed by atoms with Gasteiger partial charge < -0.3 is 10.1 Å². The Morgan fingerprint density at radius 2 is 2.20 bits per heavy atom. The van der Waals surface area contributed by atoms with Crippen LogP contribution in [0.5, 0.6) is 5.75 Å². The highest BCUT2D eigenvalue weighted by Gasteiger charge is 2.09. The van der Waals surface area contributed by atoms with Crippen molar-refractivity contribution in [2.75, 3.05) is 13.2 Å². The molecule has 1 aromatic rings. The molecule has 0 saturated heterocycles. The van der Waals surface area contributed by atoms with Gasteiger partial charge in [0.15, 0.2) is 0 Å². The van der Waals surface area contributed by atoms with Gasteiger partial charge in [0, 0.05) is 18.2 Å². The lowest BCUT2D eigenvalue weighted by Gasteiger charge is -2.16. The Kier molecular flexibility index (Phi) is 4.91. The maximum Gasteiger partial charge on any atom is 0.124 e. The van der Waals surface area contributed by atoms with Crippen molar-refractivity contribution in [1.29, 1.82) is 0 Å². The van der Waals surface area contributed by atoms with Crippen LogP contribution in [-0.4, -0.2) is 13.2 Å². The molecule has 0 heterocycles. The van der Waals surface area contributed by atoms with Gasteiger partial charge >= 0.3 is 0 Å². The van der Waals surface area contributed by atoms with Crippen LogP contribution in [0.3, 0.4) is 0 Å². The second kappa shape index (κ2) is 6.25. The Labute approximate surface area is 92.0 Å². The van der Waals surface area contributed by atoms with E-state index in [9.17, 15) is 0 Å². The van der Waals surface area contributed by atoms with E-state index in [0.717, 1.165) is 12.3 Å². The summed E-state index contributed by atoms with van der Waals surface area (Å²) in [6.45, 7) is 9.32. The molecule has 2 heteroatoms. The second-order valence-electron chi connectivity index (χ2n) is 3.39. The van der Waals surface area contributed by atoms with E-state index in [1.165, 1.54) is 5.56 Å². The minimum absolute atomic E-state index is 0.283. The summed E-state index contributed by atoms with van der Waals surface area (Å²) in [5.74, 6) is 0.962. The molecule has 0 aliphatic heterocycles. The Morgan fingerprint density at radius 3 is 2.87 bits per heavy atom. The van der Waals surface area contributed by atoms with E-state index in [4.69, 9.17) is 4.74 Å². The van der Waals surface area contributed by atoms with Crippen molar-refractivity contribution >= 4 is 0 Å². The van der Waals surface area contributed by atoms with Crippen LogP contribution >= 0.6 is 0 Å². The van der Waals surface area contributed by atoms with E-state index in [0.29, 0.717) is 6.61 Å². The molecule has 0 amide bonds. The molecular formula is C13H19NO. The molecule has 1 N–H and O–H groups in total. The van der Waals surface area contributed by atoms with Crippen molar-refractivity contribution in [2.24, 2.45) is 0 Å². The van der Waals surface area contributed by atoms with Crippen molar-refractivity contribution in [3.8, 4) is 5.75 Å². The lowest BCUT2D eigenvalue weighted by molar-refractivity contribution is 0.333. The first-order valence-electron chi connectivity index (χ1n) is 5.35. The van der Waals surface area contributed by atoms with Gasteiger partial charge in [0.2, 0.25) is 0 Å². The molecule has 0 spiro atoms. The van der Waals surface area contributed by atoms with E-state index >= 15 is 0 Å². The summed E-state index contributed by atoms with van der Waals surface area (Å²) < 4.78 is 5.57. The van der Waals surface area contributed by atoms with Gasteiger partial charge in [-0.05, 0) is 19.9 Å². The molecule has 82 valence electrons. The molecule has 1 unspecified atom stereocenters. The lowest BCUT2D eigenvalue weighted by Crippen LogP contribution is -2.19. The lowest BCUT2D eigenvalue weighted by atomic mass is 10.1. The molecule has 15 heavy (non-hydrogen) atoms. The summed E-state index contributed by atoms with van der Waals surface area (Å²) >= 11 is 0. The smallest absolute Gasteiger partial charge is 0.124 e. The molecule has 2 nitrogen and oxygen atoms in total. The minimum Gasteiger partial charge on any atom is -0.494 e. The topological polar surface area (TPSA) is 21.3 Å². The van der Waals surface area contributed by atoms with Crippen LogP contribution in [0.4, 0.5) is 0 Å². The van der Waals surface area contributed by atoms with Crippen molar-refractivity contribution in [3.05, 3.63) is 42.5 Å². The van der Waals surface area contributed by atoms with Gasteiger partial charge in [0.1, 0.15) is 5.75 Å². The highest BCUT2D eigenvalue weighted by Crippen LogP contribution is 2.24. The van der Waals surface area contributed by atoms with Crippen molar-refractivity contribution in [1.82, 2.24) is 5.32 Å². The normalized spacial score (nSPS) is 12.1. The van der Waals surface area contributed by atoms with E-state index < -0.39 is 0 Å². The summed E-state index contributed by atoms with van der Waals surface area (Å²) in [5, 5.41) is 3.35. The first kappa shape index (κ1) is 11.8. The van der Waals surface area contributed by atoms with E-state index in [1.54, 1.807) is 0 Å². The predicted octanol–water partition coefficient (Wildman–Crippen LogP) is 2.92. The summed E-state index contributed by atoms with van der Waals surface area (Å²) in [4.78, 5) is 0. The van der Waals surface area contributed by atoms with Crippen LogP contribution in [0, 0.1) is 0 Å². The highest BCUT2D eigenvalue weighted by atomic mass is 16.5. The summed E-state index contributed by atoms with van der Waals surface area (Å²) in [5.41, 5.74) is 1.20. The molecule has 1 aromatic carbocycles. The Balaban J connectivity index is 2.76. The van der Waals surface area contributed by atoms with Crippen LogP contribution in [0.25, 0.3) is 0 Å². The number of hydrogen-bond donors (Lipinski definition) is 1. The third-order valence-corrected chi connectivity index (χ3v) is 2.25. The van der Waals surface area contributed by atoms with Gasteiger partial charge in [0.05, 0.1) is 6.61 Å². The number of rotatable bonds is 6. The number of para-hydroxylation sites is 1. The van der Waals surface area contributed by atoms with Crippen LogP contribution < -0.4 is 10.1 Å². The zero-order valence-electron chi connectivity index (χ0n) is 9.49. The van der Waals surface area contributed by atoms with E-state index in [1.807, 2.05) is 31.2 Å². The zero-order chi connectivity index (χ0) is 11.1. The molecule has 0 aliphatic carbocycles. The molecule has 0 aromatic heterocycles. The van der Waals surface area contributed by atoms with Crippen molar-refractivity contribution in [2.45, 2.75) is 19.9 Å². The first-order chi connectivity index (χ1) is 7.29. The SMILES string of the molecule is C=CCNC(C)c1ccccc1OCC. The molecule has 0 fully saturated rings. The van der Waals surface area contributed by atoms with Crippen LogP contribution in [-0.2, 0) is 0 Å². The highest BCUT2D eigenvalue weighted by molar-refractivity contribution is 5.35. The van der Waals surface area contributed by atoms with Gasteiger partial charge in [-0.25, -0.2) is 0 Å². The molecular weight excluding hydrogens is 186 g/mol. The number of benzene rings is 1. The van der Waals surface area contributed by atoms with E-state index in [2.05, 4.69) is 24.9 Å². The maximum atomic E-state index is 5.57. The second-order valence-corrected chi connectivity index (χ2v) is 3.39. The maximum absolute atomic E-state index is 5.57. The van der Waals surface area contributed by atoms with Crippen LogP contribution in [0.15, 0.2) is 36.9 Å². The molecule has 0 bridgehead atoms. The van der Waals surface area contributed by atoms with Crippen molar-refractivity contribution in [3.63, 3.8) is 0 Å². The largest absolute Gasteiger partial charge is 0.494 e. The molecule has 0 aliphatic rings. The first-order valence-corrected chi connectivity index (χ1v) is 5.35. The van der Waals surface area contributed by atoms with Gasteiger partial charge in [-0.15, -0.1) is 6.58 Å². The zero-order valence-corrected chi connectivity index (χ0v) is 9.49. The Hall–Kier alpha value is -1.28. The molecule has 1 atom stereocenters. The summed E-state index contributed by atoms with van der Waals surface area (Å²) in [6.07, 6.45) is 1.86. The standard InChI is InChI=1S/C13H19NO/c1-4-10-14-11(3)12-8-6-7-9-13(12)15-5-2/h4,6-9,11,14H,1,5,10H2,2-3H3. The average molecular weight is 205 g/mol. The average Bonchev–Trinajstić information content (AvgIpc) is 2.27. The fourth-order valence-corrected chi connectivity index (χ4v) is 1.50. The van der Waals surface area contributed by atoms with Crippen LogP contribution in [0.1, 0.15) is 25.5 Å². The minimum atomic E-state index is 0.283. The van der Waals surface area contributed by atoms with E-state index in [-0.39, 0.29) is 6.04 Å². The summed E-state index contributed by atoms with van der Waals surface area (Å²) in [6, 6.07) is 8.40.